The standard InChI is InChI=1S/C23H24N2O3S2/c1-23(2,3)17-7-10-19(11-8-17)30(27,28)24-18-9-6-16-12-13-25(20(16)15-18)22(26)21-5-4-14-29-21/h4-11,14-15,24H,12-13H2,1-3H3. The molecule has 0 unspecified atom stereocenters. The van der Waals surface area contributed by atoms with Gasteiger partial charge in [0.2, 0.25) is 0 Å². The molecule has 0 fully saturated rings. The fourth-order valence-corrected chi connectivity index (χ4v) is 5.26. The van der Waals surface area contributed by atoms with Crippen molar-refractivity contribution in [1.82, 2.24) is 0 Å². The van der Waals surface area contributed by atoms with Gasteiger partial charge in [0.25, 0.3) is 15.9 Å². The molecule has 30 heavy (non-hydrogen) atoms. The third kappa shape index (κ3) is 4.00. The van der Waals surface area contributed by atoms with Crippen molar-refractivity contribution < 1.29 is 13.2 Å². The van der Waals surface area contributed by atoms with Crippen molar-refractivity contribution in [3.63, 3.8) is 0 Å². The van der Waals surface area contributed by atoms with Crippen LogP contribution in [0, 0.1) is 0 Å². The van der Waals surface area contributed by atoms with Gasteiger partial charge in [-0.2, -0.15) is 0 Å². The molecule has 0 radical (unpaired) electrons. The average Bonchev–Trinajstić information content (AvgIpc) is 3.36. The molecule has 2 heterocycles. The quantitative estimate of drug-likeness (QED) is 0.617. The fourth-order valence-electron chi connectivity index (χ4n) is 3.54. The minimum Gasteiger partial charge on any atom is -0.307 e. The molecule has 0 saturated heterocycles. The summed E-state index contributed by atoms with van der Waals surface area (Å²) in [6, 6.07) is 16.0. The highest BCUT2D eigenvalue weighted by atomic mass is 32.2. The Morgan fingerprint density at radius 3 is 2.43 bits per heavy atom. The molecule has 1 aromatic heterocycles. The van der Waals surface area contributed by atoms with E-state index in [4.69, 9.17) is 0 Å². The first kappa shape index (κ1) is 20.6. The summed E-state index contributed by atoms with van der Waals surface area (Å²) in [6.45, 7) is 6.85. The van der Waals surface area contributed by atoms with Crippen LogP contribution >= 0.6 is 11.3 Å². The summed E-state index contributed by atoms with van der Waals surface area (Å²) in [7, 11) is -3.73. The monoisotopic (exact) mass is 440 g/mol. The maximum atomic E-state index is 12.9. The predicted molar refractivity (Wildman–Crippen MR) is 122 cm³/mol. The number of nitrogens with zero attached hydrogens (tertiary/aromatic N) is 1. The number of rotatable bonds is 4. The average molecular weight is 441 g/mol. The summed E-state index contributed by atoms with van der Waals surface area (Å²) >= 11 is 1.40. The van der Waals surface area contributed by atoms with Gasteiger partial charge >= 0.3 is 0 Å². The Kier molecular flexibility index (Phi) is 5.20. The van der Waals surface area contributed by atoms with E-state index in [9.17, 15) is 13.2 Å². The maximum absolute atomic E-state index is 12.9. The zero-order valence-corrected chi connectivity index (χ0v) is 18.8. The van der Waals surface area contributed by atoms with Gasteiger partial charge in [-0.15, -0.1) is 11.3 Å². The Labute approximate surface area is 181 Å². The second-order valence-electron chi connectivity index (χ2n) is 8.41. The van der Waals surface area contributed by atoms with Crippen molar-refractivity contribution in [3.05, 3.63) is 76.0 Å². The molecule has 0 saturated carbocycles. The summed E-state index contributed by atoms with van der Waals surface area (Å²) in [5.41, 5.74) is 3.27. The summed E-state index contributed by atoms with van der Waals surface area (Å²) in [5.74, 6) is -0.0541. The Hall–Kier alpha value is -2.64. The summed E-state index contributed by atoms with van der Waals surface area (Å²) in [5, 5.41) is 1.87. The van der Waals surface area contributed by atoms with Crippen molar-refractivity contribution in [2.24, 2.45) is 0 Å². The molecule has 0 spiro atoms. The van der Waals surface area contributed by atoms with E-state index in [0.717, 1.165) is 23.2 Å². The highest BCUT2D eigenvalue weighted by Gasteiger charge is 2.27. The van der Waals surface area contributed by atoms with Gasteiger partial charge in [0, 0.05) is 12.2 Å². The molecular weight excluding hydrogens is 416 g/mol. The lowest BCUT2D eigenvalue weighted by Gasteiger charge is -2.19. The Balaban J connectivity index is 1.59. The van der Waals surface area contributed by atoms with E-state index in [0.29, 0.717) is 17.1 Å². The zero-order chi connectivity index (χ0) is 21.5. The molecule has 4 rings (SSSR count). The topological polar surface area (TPSA) is 66.5 Å². The molecule has 3 aromatic rings. The first-order valence-corrected chi connectivity index (χ1v) is 12.1. The van der Waals surface area contributed by atoms with Crippen molar-refractivity contribution in [3.8, 4) is 0 Å². The van der Waals surface area contributed by atoms with Gasteiger partial charge in [-0.25, -0.2) is 8.42 Å². The van der Waals surface area contributed by atoms with Gasteiger partial charge in [-0.05, 0) is 58.7 Å². The second kappa shape index (κ2) is 7.56. The number of sulfonamides is 1. The van der Waals surface area contributed by atoms with Crippen LogP contribution in [-0.2, 0) is 21.9 Å². The zero-order valence-electron chi connectivity index (χ0n) is 17.2. The van der Waals surface area contributed by atoms with Gasteiger partial charge in [0.15, 0.2) is 0 Å². The first-order chi connectivity index (χ1) is 14.1. The normalized spacial score (nSPS) is 13.9. The number of hydrogen-bond donors (Lipinski definition) is 1. The number of benzene rings is 2. The molecule has 5 nitrogen and oxygen atoms in total. The highest BCUT2D eigenvalue weighted by Crippen LogP contribution is 2.33. The molecule has 0 aliphatic carbocycles. The van der Waals surface area contributed by atoms with Crippen LogP contribution in [0.1, 0.15) is 41.6 Å². The fraction of sp³-hybridized carbons (Fsp3) is 0.261. The summed E-state index contributed by atoms with van der Waals surface area (Å²) in [6.07, 6.45) is 0.758. The SMILES string of the molecule is CC(C)(C)c1ccc(S(=O)(=O)Nc2ccc3c(c2)N(C(=O)c2cccs2)CC3)cc1. The van der Waals surface area contributed by atoms with E-state index in [1.54, 1.807) is 35.2 Å². The number of amides is 1. The van der Waals surface area contributed by atoms with E-state index >= 15 is 0 Å². The molecule has 1 N–H and O–H groups in total. The largest absolute Gasteiger partial charge is 0.307 e. The van der Waals surface area contributed by atoms with Crippen LogP contribution in [0.4, 0.5) is 11.4 Å². The third-order valence-electron chi connectivity index (χ3n) is 5.24. The molecule has 1 aliphatic heterocycles. The maximum Gasteiger partial charge on any atom is 0.268 e. The number of anilines is 2. The van der Waals surface area contributed by atoms with Crippen LogP contribution in [0.2, 0.25) is 0 Å². The van der Waals surface area contributed by atoms with Gasteiger partial charge in [-0.3, -0.25) is 9.52 Å². The molecule has 156 valence electrons. The molecule has 7 heteroatoms. The van der Waals surface area contributed by atoms with E-state index in [1.807, 2.05) is 29.6 Å². The lowest BCUT2D eigenvalue weighted by molar-refractivity contribution is 0.0993. The number of carbonyl (C=O) groups excluding carboxylic acids is 1. The Bertz CT molecular complexity index is 1180. The van der Waals surface area contributed by atoms with E-state index in [1.165, 1.54) is 11.3 Å². The van der Waals surface area contributed by atoms with Crippen molar-refractivity contribution >= 4 is 38.6 Å². The van der Waals surface area contributed by atoms with Crippen molar-refractivity contribution in [2.45, 2.75) is 37.5 Å². The number of carbonyl (C=O) groups is 1. The van der Waals surface area contributed by atoms with E-state index in [2.05, 4.69) is 25.5 Å². The number of fused-ring (bicyclic) bond motifs is 1. The molecule has 0 bridgehead atoms. The van der Waals surface area contributed by atoms with Crippen molar-refractivity contribution in [1.29, 1.82) is 0 Å². The minimum atomic E-state index is -3.73. The second-order valence-corrected chi connectivity index (χ2v) is 11.0. The lowest BCUT2D eigenvalue weighted by atomic mass is 9.87. The number of nitrogens with one attached hydrogen (secondary N) is 1. The third-order valence-corrected chi connectivity index (χ3v) is 7.50. The molecule has 1 amide bonds. The van der Waals surface area contributed by atoms with Gasteiger partial charge in [-0.1, -0.05) is 45.0 Å². The van der Waals surface area contributed by atoms with Crippen LogP contribution in [0.25, 0.3) is 0 Å². The Morgan fingerprint density at radius 2 is 1.80 bits per heavy atom. The Morgan fingerprint density at radius 1 is 1.07 bits per heavy atom. The van der Waals surface area contributed by atoms with Gasteiger partial charge < -0.3 is 4.90 Å². The molecule has 2 aromatic carbocycles. The van der Waals surface area contributed by atoms with Crippen LogP contribution in [0.3, 0.4) is 0 Å². The molecule has 0 atom stereocenters. The van der Waals surface area contributed by atoms with E-state index in [-0.39, 0.29) is 16.2 Å². The van der Waals surface area contributed by atoms with Gasteiger partial charge in [0.05, 0.1) is 15.5 Å². The number of thiophene rings is 1. The summed E-state index contributed by atoms with van der Waals surface area (Å²) in [4.78, 5) is 15.4. The van der Waals surface area contributed by atoms with Gasteiger partial charge in [0.1, 0.15) is 0 Å². The highest BCUT2D eigenvalue weighted by molar-refractivity contribution is 7.92. The van der Waals surface area contributed by atoms with Crippen LogP contribution in [0.5, 0.6) is 0 Å². The molecular formula is C23H24N2O3S2. The van der Waals surface area contributed by atoms with E-state index < -0.39 is 10.0 Å². The van der Waals surface area contributed by atoms with Crippen LogP contribution < -0.4 is 9.62 Å². The molecule has 1 aliphatic rings. The van der Waals surface area contributed by atoms with Crippen molar-refractivity contribution in [2.75, 3.05) is 16.2 Å². The smallest absolute Gasteiger partial charge is 0.268 e. The predicted octanol–water partition coefficient (Wildman–Crippen LogP) is 5.05. The summed E-state index contributed by atoms with van der Waals surface area (Å²) < 4.78 is 28.4. The first-order valence-electron chi connectivity index (χ1n) is 9.77. The number of hydrogen-bond acceptors (Lipinski definition) is 4. The lowest BCUT2D eigenvalue weighted by Crippen LogP contribution is -2.28. The van der Waals surface area contributed by atoms with Crippen LogP contribution in [-0.4, -0.2) is 20.9 Å². The van der Waals surface area contributed by atoms with Crippen LogP contribution in [0.15, 0.2) is 64.9 Å². The minimum absolute atomic E-state index is 0.0474.